The van der Waals surface area contributed by atoms with Crippen LogP contribution in [-0.4, -0.2) is 41.2 Å². The van der Waals surface area contributed by atoms with Gasteiger partial charge in [0, 0.05) is 15.7 Å². The topological polar surface area (TPSA) is 150 Å². The Balaban J connectivity index is 2.33. The van der Waals surface area contributed by atoms with Gasteiger partial charge in [0.25, 0.3) is 5.69 Å². The number of esters is 2. The Morgan fingerprint density at radius 2 is 1.74 bits per heavy atom. The van der Waals surface area contributed by atoms with Crippen LogP contribution >= 0.6 is 22.6 Å². The molecule has 0 saturated heterocycles. The predicted octanol–water partition coefficient (Wildman–Crippen LogP) is 3.44. The molecule has 14 heteroatoms. The number of nitrogens with zero attached hydrogens (tertiary/aromatic N) is 1. The molecule has 0 bridgehead atoms. The first-order valence-electron chi connectivity index (χ1n) is 8.06. The molecule has 1 atom stereocenters. The van der Waals surface area contributed by atoms with Crippen LogP contribution in [0.1, 0.15) is 27.6 Å². The van der Waals surface area contributed by atoms with Crippen molar-refractivity contribution in [3.8, 4) is 5.75 Å². The fourth-order valence-electron chi connectivity index (χ4n) is 2.16. The van der Waals surface area contributed by atoms with Gasteiger partial charge in [0.2, 0.25) is 0 Å². The number of carbonyl (C=O) groups excluding carboxylic acids is 2. The zero-order chi connectivity index (χ0) is 23.6. The van der Waals surface area contributed by atoms with Crippen LogP contribution in [0.2, 0.25) is 0 Å². The smallest absolute Gasteiger partial charge is 0.405 e. The maximum atomic E-state index is 13.6. The highest BCUT2D eigenvalue weighted by atomic mass is 127. The molecule has 0 radical (unpaired) electrons. The zero-order valence-electron chi connectivity index (χ0n) is 15.3. The Hall–Kier alpha value is -2.72. The molecule has 2 aromatic carbocycles. The summed E-state index contributed by atoms with van der Waals surface area (Å²) in [7, 11) is -5.93. The first kappa shape index (κ1) is 24.5. The van der Waals surface area contributed by atoms with E-state index in [2.05, 4.69) is 4.74 Å². The summed E-state index contributed by atoms with van der Waals surface area (Å²) in [5.41, 5.74) is -1.62. The van der Waals surface area contributed by atoms with Crippen LogP contribution in [0.5, 0.6) is 5.75 Å². The third kappa shape index (κ3) is 5.71. The Bertz CT molecular complexity index is 1140. The van der Waals surface area contributed by atoms with Gasteiger partial charge in [-0.15, -0.1) is 0 Å². The van der Waals surface area contributed by atoms with Crippen LogP contribution in [0.4, 0.5) is 14.5 Å². The lowest BCUT2D eigenvalue weighted by molar-refractivity contribution is -0.385. The lowest BCUT2D eigenvalue weighted by Crippen LogP contribution is -2.42. The summed E-state index contributed by atoms with van der Waals surface area (Å²) < 4.78 is 67.5. The molecule has 2 rings (SSSR count). The number of ether oxygens (including phenoxy) is 2. The van der Waals surface area contributed by atoms with Crippen molar-refractivity contribution < 1.29 is 45.7 Å². The molecule has 0 aliphatic heterocycles. The van der Waals surface area contributed by atoms with Crippen molar-refractivity contribution in [2.45, 2.75) is 18.3 Å². The van der Waals surface area contributed by atoms with Gasteiger partial charge in [-0.25, -0.2) is 9.59 Å². The molecule has 0 spiro atoms. The second kappa shape index (κ2) is 9.19. The summed E-state index contributed by atoms with van der Waals surface area (Å²) in [4.78, 5) is 34.5. The van der Waals surface area contributed by atoms with E-state index in [4.69, 9.17) is 9.29 Å². The number of alkyl halides is 2. The number of hydrogen-bond acceptors (Lipinski definition) is 8. The van der Waals surface area contributed by atoms with Crippen LogP contribution in [-0.2, 0) is 14.9 Å². The number of halogens is 3. The Kier molecular flexibility index (Phi) is 7.28. The fourth-order valence-corrected chi connectivity index (χ4v) is 2.98. The summed E-state index contributed by atoms with van der Waals surface area (Å²) in [5.74, 6) is -2.90. The van der Waals surface area contributed by atoms with Crippen LogP contribution in [0, 0.1) is 13.7 Å². The van der Waals surface area contributed by atoms with Crippen molar-refractivity contribution in [3.05, 3.63) is 67.3 Å². The standard InChI is InChI=1S/C17H12F2INO9S/c1-9(17(18,19)31(26,27)28)29-16(23)13-8-12(6-7-14(13)21(24)25)30-15(22)10-2-4-11(20)5-3-10/h2-9H,1H3,(H,26,27,28). The largest absolute Gasteiger partial charge is 0.451 e. The van der Waals surface area contributed by atoms with Gasteiger partial charge in [0.1, 0.15) is 11.3 Å². The van der Waals surface area contributed by atoms with Gasteiger partial charge in [0.05, 0.1) is 10.5 Å². The van der Waals surface area contributed by atoms with Crippen molar-refractivity contribution >= 4 is 50.3 Å². The second-order valence-corrected chi connectivity index (χ2v) is 8.66. The highest BCUT2D eigenvalue weighted by Crippen LogP contribution is 2.30. The molecule has 0 aliphatic carbocycles. The van der Waals surface area contributed by atoms with Gasteiger partial charge in [-0.1, -0.05) is 0 Å². The average Bonchev–Trinajstić information content (AvgIpc) is 2.67. The Morgan fingerprint density at radius 3 is 2.26 bits per heavy atom. The number of benzene rings is 2. The van der Waals surface area contributed by atoms with E-state index < -0.39 is 49.6 Å². The highest BCUT2D eigenvalue weighted by molar-refractivity contribution is 14.1. The number of carbonyl (C=O) groups is 2. The van der Waals surface area contributed by atoms with Crippen molar-refractivity contribution in [1.82, 2.24) is 0 Å². The third-order valence-corrected chi connectivity index (χ3v) is 5.52. The normalized spacial score (nSPS) is 12.7. The van der Waals surface area contributed by atoms with Gasteiger partial charge in [-0.2, -0.15) is 17.2 Å². The lowest BCUT2D eigenvalue weighted by Gasteiger charge is -2.20. The molecular formula is C17H12F2INO9S. The van der Waals surface area contributed by atoms with Gasteiger partial charge in [-0.05, 0) is 59.8 Å². The Labute approximate surface area is 187 Å². The Morgan fingerprint density at radius 1 is 1.16 bits per heavy atom. The van der Waals surface area contributed by atoms with E-state index in [-0.39, 0.29) is 11.3 Å². The van der Waals surface area contributed by atoms with Gasteiger partial charge in [0.15, 0.2) is 6.10 Å². The minimum Gasteiger partial charge on any atom is -0.451 e. The molecule has 0 amide bonds. The molecule has 1 unspecified atom stereocenters. The van der Waals surface area contributed by atoms with E-state index in [0.717, 1.165) is 15.7 Å². The quantitative estimate of drug-likeness (QED) is 0.132. The van der Waals surface area contributed by atoms with E-state index >= 15 is 0 Å². The van der Waals surface area contributed by atoms with E-state index in [0.29, 0.717) is 13.0 Å². The van der Waals surface area contributed by atoms with Crippen LogP contribution in [0.15, 0.2) is 42.5 Å². The van der Waals surface area contributed by atoms with Gasteiger partial charge >= 0.3 is 27.3 Å². The SMILES string of the molecule is CC(OC(=O)c1cc(OC(=O)c2ccc(I)cc2)ccc1[N+](=O)[O-])C(F)(F)S(=O)(=O)O. The molecular weight excluding hydrogens is 559 g/mol. The summed E-state index contributed by atoms with van der Waals surface area (Å²) in [6.07, 6.45) is -2.69. The molecule has 10 nitrogen and oxygen atoms in total. The van der Waals surface area contributed by atoms with E-state index in [9.17, 15) is 36.9 Å². The molecule has 0 saturated carbocycles. The number of rotatable bonds is 7. The van der Waals surface area contributed by atoms with E-state index in [1.165, 1.54) is 12.1 Å². The molecule has 31 heavy (non-hydrogen) atoms. The summed E-state index contributed by atoms with van der Waals surface area (Å²) in [6.45, 7) is 0.470. The monoisotopic (exact) mass is 571 g/mol. The first-order valence-corrected chi connectivity index (χ1v) is 10.6. The van der Waals surface area contributed by atoms with Crippen molar-refractivity contribution in [3.63, 3.8) is 0 Å². The van der Waals surface area contributed by atoms with Crippen molar-refractivity contribution in [1.29, 1.82) is 0 Å². The van der Waals surface area contributed by atoms with E-state index in [1.807, 2.05) is 22.6 Å². The van der Waals surface area contributed by atoms with Crippen molar-refractivity contribution in [2.75, 3.05) is 0 Å². The molecule has 2 aromatic rings. The van der Waals surface area contributed by atoms with Crippen LogP contribution in [0.25, 0.3) is 0 Å². The molecule has 1 N–H and O–H groups in total. The molecule has 0 aliphatic rings. The average molecular weight is 571 g/mol. The highest BCUT2D eigenvalue weighted by Gasteiger charge is 2.52. The van der Waals surface area contributed by atoms with Gasteiger partial charge < -0.3 is 9.47 Å². The first-order chi connectivity index (χ1) is 14.2. The second-order valence-electron chi connectivity index (χ2n) is 5.92. The van der Waals surface area contributed by atoms with Gasteiger partial charge in [-0.3, -0.25) is 14.7 Å². The third-order valence-electron chi connectivity index (χ3n) is 3.78. The molecule has 0 fully saturated rings. The minimum absolute atomic E-state index is 0.129. The number of hydrogen-bond donors (Lipinski definition) is 1. The fraction of sp³-hybridized carbons (Fsp3) is 0.176. The van der Waals surface area contributed by atoms with Crippen molar-refractivity contribution in [2.24, 2.45) is 0 Å². The maximum absolute atomic E-state index is 13.6. The molecule has 166 valence electrons. The minimum atomic E-state index is -5.93. The molecule has 0 heterocycles. The van der Waals surface area contributed by atoms with Crippen LogP contribution < -0.4 is 4.74 Å². The molecule has 0 aromatic heterocycles. The van der Waals surface area contributed by atoms with E-state index in [1.54, 1.807) is 12.1 Å². The summed E-state index contributed by atoms with van der Waals surface area (Å²) in [6, 6.07) is 8.62. The summed E-state index contributed by atoms with van der Waals surface area (Å²) >= 11 is 2.01. The zero-order valence-corrected chi connectivity index (χ0v) is 18.3. The number of nitro benzene ring substituents is 1. The lowest BCUT2D eigenvalue weighted by atomic mass is 10.1. The predicted molar refractivity (Wildman–Crippen MR) is 109 cm³/mol. The number of nitro groups is 1. The van der Waals surface area contributed by atoms with Crippen LogP contribution in [0.3, 0.4) is 0 Å². The maximum Gasteiger partial charge on any atom is 0.405 e. The summed E-state index contributed by atoms with van der Waals surface area (Å²) in [5, 5.41) is 6.29.